The van der Waals surface area contributed by atoms with Crippen LogP contribution in [0, 0.1) is 0 Å². The first-order valence-electron chi connectivity index (χ1n) is 4.03. The minimum absolute atomic E-state index is 0.538. The monoisotopic (exact) mass is 200 g/mol. The van der Waals surface area contributed by atoms with Gasteiger partial charge in [-0.15, -0.1) is 0 Å². The number of rotatable bonds is 4. The average molecular weight is 201 g/mol. The smallest absolute Gasteiger partial charge is 0.137 e. The molecule has 1 aromatic carbocycles. The molecule has 0 unspecified atom stereocenters. The number of likely N-dealkylation sites (N-methyl/N-ethyl adjacent to an activating group) is 1. The number of hydrogen-bond acceptors (Lipinski definition) is 3. The lowest BCUT2D eigenvalue weighted by molar-refractivity contribution is 0.241. The van der Waals surface area contributed by atoms with Crippen molar-refractivity contribution in [3.63, 3.8) is 0 Å². The van der Waals surface area contributed by atoms with Crippen molar-refractivity contribution in [1.82, 2.24) is 5.01 Å². The van der Waals surface area contributed by atoms with Crippen LogP contribution >= 0.6 is 11.6 Å². The van der Waals surface area contributed by atoms with Crippen LogP contribution in [0.2, 0.25) is 5.02 Å². The molecule has 0 heterocycles. The highest BCUT2D eigenvalue weighted by Crippen LogP contribution is 2.22. The Morgan fingerprint density at radius 1 is 1.46 bits per heavy atom. The topological polar surface area (TPSA) is 38.5 Å². The van der Waals surface area contributed by atoms with Gasteiger partial charge in [0.2, 0.25) is 0 Å². The third-order valence-corrected chi connectivity index (χ3v) is 1.85. The fourth-order valence-corrected chi connectivity index (χ4v) is 1.05. The van der Waals surface area contributed by atoms with Gasteiger partial charge in [-0.3, -0.25) is 5.84 Å². The Morgan fingerprint density at radius 3 is 2.77 bits per heavy atom. The predicted octanol–water partition coefficient (Wildman–Crippen LogP) is 1.52. The summed E-state index contributed by atoms with van der Waals surface area (Å²) in [7, 11) is 1.79. The van der Waals surface area contributed by atoms with Crippen LogP contribution in [0.25, 0.3) is 0 Å². The number of hydrogen-bond donors (Lipinski definition) is 1. The fraction of sp³-hybridized carbons (Fsp3) is 0.333. The summed E-state index contributed by atoms with van der Waals surface area (Å²) in [6.07, 6.45) is 0. The Morgan fingerprint density at radius 2 is 2.15 bits per heavy atom. The summed E-state index contributed by atoms with van der Waals surface area (Å²) >= 11 is 5.87. The molecule has 0 aliphatic heterocycles. The van der Waals surface area contributed by atoms with Crippen LogP contribution in [0.1, 0.15) is 0 Å². The largest absolute Gasteiger partial charge is 0.491 e. The highest BCUT2D eigenvalue weighted by molar-refractivity contribution is 6.32. The van der Waals surface area contributed by atoms with Gasteiger partial charge in [0, 0.05) is 13.6 Å². The Bertz CT molecular complexity index is 266. The highest BCUT2D eigenvalue weighted by Gasteiger charge is 1.98. The lowest BCUT2D eigenvalue weighted by Gasteiger charge is -2.11. The summed E-state index contributed by atoms with van der Waals surface area (Å²) in [4.78, 5) is 0. The number of nitrogens with zero attached hydrogens (tertiary/aromatic N) is 1. The maximum absolute atomic E-state index is 5.87. The van der Waals surface area contributed by atoms with Crippen molar-refractivity contribution >= 4 is 11.6 Å². The van der Waals surface area contributed by atoms with Crippen molar-refractivity contribution in [2.75, 3.05) is 20.2 Å². The van der Waals surface area contributed by atoms with E-state index >= 15 is 0 Å². The Labute approximate surface area is 83.0 Å². The zero-order valence-corrected chi connectivity index (χ0v) is 8.29. The Kier molecular flexibility index (Phi) is 4.02. The fourth-order valence-electron chi connectivity index (χ4n) is 0.861. The van der Waals surface area contributed by atoms with E-state index in [1.807, 2.05) is 18.2 Å². The van der Waals surface area contributed by atoms with Crippen molar-refractivity contribution < 1.29 is 4.74 Å². The maximum Gasteiger partial charge on any atom is 0.137 e. The van der Waals surface area contributed by atoms with Crippen LogP contribution in [0.15, 0.2) is 24.3 Å². The number of hydrazine groups is 1. The van der Waals surface area contributed by atoms with Crippen LogP contribution in [0.4, 0.5) is 0 Å². The molecule has 0 amide bonds. The first-order valence-corrected chi connectivity index (χ1v) is 4.41. The second-order valence-electron chi connectivity index (χ2n) is 2.76. The lowest BCUT2D eigenvalue weighted by atomic mass is 10.3. The minimum Gasteiger partial charge on any atom is -0.491 e. The van der Waals surface area contributed by atoms with Crippen LogP contribution < -0.4 is 10.6 Å². The Hall–Kier alpha value is -0.770. The van der Waals surface area contributed by atoms with Gasteiger partial charge in [-0.2, -0.15) is 0 Å². The third-order valence-electron chi connectivity index (χ3n) is 1.54. The molecule has 0 bridgehead atoms. The third kappa shape index (κ3) is 3.63. The van der Waals surface area contributed by atoms with Gasteiger partial charge in [-0.25, -0.2) is 5.01 Å². The van der Waals surface area contributed by atoms with Crippen LogP contribution in [0.3, 0.4) is 0 Å². The van der Waals surface area contributed by atoms with E-state index in [1.165, 1.54) is 0 Å². The van der Waals surface area contributed by atoms with Gasteiger partial charge in [0.1, 0.15) is 12.4 Å². The molecule has 0 aromatic heterocycles. The molecule has 0 atom stereocenters. The summed E-state index contributed by atoms with van der Waals surface area (Å²) in [5.74, 6) is 6.11. The van der Waals surface area contributed by atoms with Crippen molar-refractivity contribution in [1.29, 1.82) is 0 Å². The summed E-state index contributed by atoms with van der Waals surface area (Å²) in [5.41, 5.74) is 0. The van der Waals surface area contributed by atoms with E-state index in [4.69, 9.17) is 22.2 Å². The van der Waals surface area contributed by atoms with E-state index < -0.39 is 0 Å². The van der Waals surface area contributed by atoms with E-state index in [0.29, 0.717) is 23.9 Å². The summed E-state index contributed by atoms with van der Waals surface area (Å²) < 4.78 is 5.39. The zero-order chi connectivity index (χ0) is 9.68. The van der Waals surface area contributed by atoms with Gasteiger partial charge in [0.15, 0.2) is 0 Å². The number of ether oxygens (including phenoxy) is 1. The normalized spacial score (nSPS) is 10.5. The van der Waals surface area contributed by atoms with Crippen molar-refractivity contribution in [3.05, 3.63) is 29.3 Å². The first kappa shape index (κ1) is 10.3. The minimum atomic E-state index is 0.538. The van der Waals surface area contributed by atoms with Gasteiger partial charge in [-0.05, 0) is 12.1 Å². The Balaban J connectivity index is 2.41. The van der Waals surface area contributed by atoms with Gasteiger partial charge in [-0.1, -0.05) is 23.7 Å². The molecule has 72 valence electrons. The van der Waals surface area contributed by atoms with Crippen molar-refractivity contribution in [2.45, 2.75) is 0 Å². The molecule has 3 nitrogen and oxygen atoms in total. The average Bonchev–Trinajstić information content (AvgIpc) is 2.08. The van der Waals surface area contributed by atoms with Gasteiger partial charge in [0.05, 0.1) is 5.02 Å². The predicted molar refractivity (Wildman–Crippen MR) is 53.8 cm³/mol. The van der Waals surface area contributed by atoms with Gasteiger partial charge < -0.3 is 4.74 Å². The molecular formula is C9H13ClN2O. The van der Waals surface area contributed by atoms with Crippen molar-refractivity contribution in [2.24, 2.45) is 5.84 Å². The van der Waals surface area contributed by atoms with E-state index in [0.717, 1.165) is 0 Å². The molecule has 0 radical (unpaired) electrons. The van der Waals surface area contributed by atoms with E-state index in [9.17, 15) is 0 Å². The van der Waals surface area contributed by atoms with Crippen molar-refractivity contribution in [3.8, 4) is 5.75 Å². The van der Waals surface area contributed by atoms with E-state index in [2.05, 4.69) is 0 Å². The first-order chi connectivity index (χ1) is 6.20. The molecular weight excluding hydrogens is 188 g/mol. The van der Waals surface area contributed by atoms with Gasteiger partial charge in [0.25, 0.3) is 0 Å². The number of benzene rings is 1. The SMILES string of the molecule is CN(N)CCOc1ccccc1Cl. The molecule has 4 heteroatoms. The van der Waals surface area contributed by atoms with Crippen LogP contribution in [-0.4, -0.2) is 25.2 Å². The standard InChI is InChI=1S/C9H13ClN2O/c1-12(11)6-7-13-9-5-3-2-4-8(9)10/h2-5H,6-7,11H2,1H3. The lowest BCUT2D eigenvalue weighted by Crippen LogP contribution is -2.30. The quantitative estimate of drug-likeness (QED) is 0.592. The maximum atomic E-state index is 5.87. The molecule has 1 aromatic rings. The number of halogens is 1. The molecule has 0 aliphatic rings. The second kappa shape index (κ2) is 5.07. The van der Waals surface area contributed by atoms with Crippen LogP contribution in [0.5, 0.6) is 5.75 Å². The summed E-state index contributed by atoms with van der Waals surface area (Å²) in [5, 5.41) is 2.19. The second-order valence-corrected chi connectivity index (χ2v) is 3.17. The number of para-hydroxylation sites is 1. The number of nitrogens with two attached hydrogens (primary N) is 1. The molecule has 0 saturated heterocycles. The van der Waals surface area contributed by atoms with Crippen LogP contribution in [-0.2, 0) is 0 Å². The van der Waals surface area contributed by atoms with E-state index in [-0.39, 0.29) is 0 Å². The molecule has 0 spiro atoms. The van der Waals surface area contributed by atoms with Gasteiger partial charge >= 0.3 is 0 Å². The zero-order valence-electron chi connectivity index (χ0n) is 7.53. The molecule has 1 rings (SSSR count). The highest BCUT2D eigenvalue weighted by atomic mass is 35.5. The molecule has 0 saturated carbocycles. The molecule has 13 heavy (non-hydrogen) atoms. The molecule has 2 N–H and O–H groups in total. The van der Waals surface area contributed by atoms with E-state index in [1.54, 1.807) is 18.1 Å². The summed E-state index contributed by atoms with van der Waals surface area (Å²) in [6.45, 7) is 1.21. The molecule has 0 aliphatic carbocycles. The summed E-state index contributed by atoms with van der Waals surface area (Å²) in [6, 6.07) is 7.37. The molecule has 0 fully saturated rings.